The van der Waals surface area contributed by atoms with Crippen LogP contribution >= 0.6 is 0 Å². The van der Waals surface area contributed by atoms with Gasteiger partial charge in [-0.3, -0.25) is 0 Å². The van der Waals surface area contributed by atoms with Crippen molar-refractivity contribution in [2.24, 2.45) is 0 Å². The van der Waals surface area contributed by atoms with Gasteiger partial charge in [0.25, 0.3) is 0 Å². The molecule has 0 spiro atoms. The first kappa shape index (κ1) is 12.2. The molecule has 94 valence electrons. The van der Waals surface area contributed by atoms with Gasteiger partial charge in [-0.15, -0.1) is 0 Å². The van der Waals surface area contributed by atoms with Crippen molar-refractivity contribution in [3.8, 4) is 11.5 Å². The molecule has 2 atom stereocenters. The molecule has 0 radical (unpaired) electrons. The van der Waals surface area contributed by atoms with Gasteiger partial charge in [0.05, 0.1) is 0 Å². The zero-order chi connectivity index (χ0) is 12.5. The summed E-state index contributed by atoms with van der Waals surface area (Å²) in [5, 5.41) is 29.2. The maximum Gasteiger partial charge on any atom is 0.165 e. The number of rotatable bonds is 2. The Morgan fingerprint density at radius 1 is 1.35 bits per heavy atom. The first-order valence-electron chi connectivity index (χ1n) is 5.83. The van der Waals surface area contributed by atoms with Gasteiger partial charge in [-0.05, 0) is 30.4 Å². The summed E-state index contributed by atoms with van der Waals surface area (Å²) in [5.41, 5.74) is 0.762. The molecule has 0 heterocycles. The van der Waals surface area contributed by atoms with E-state index in [2.05, 4.69) is 0 Å². The van der Waals surface area contributed by atoms with Crippen LogP contribution in [0, 0.1) is 0 Å². The Morgan fingerprint density at radius 3 is 2.76 bits per heavy atom. The number of hydrogen-bond acceptors (Lipinski definition) is 4. The number of phenols is 2. The van der Waals surface area contributed by atoms with Crippen LogP contribution in [0.2, 0.25) is 0 Å². The Bertz CT molecular complexity index is 404. The lowest BCUT2D eigenvalue weighted by Gasteiger charge is -2.35. The number of benzene rings is 1. The van der Waals surface area contributed by atoms with Crippen LogP contribution in [0.1, 0.15) is 37.2 Å². The van der Waals surface area contributed by atoms with Crippen LogP contribution in [0.4, 0.5) is 0 Å². The Hall–Kier alpha value is -1.26. The number of aliphatic hydroxyl groups is 1. The van der Waals surface area contributed by atoms with Crippen molar-refractivity contribution in [3.05, 3.63) is 23.8 Å². The second-order valence-electron chi connectivity index (χ2n) is 4.69. The van der Waals surface area contributed by atoms with Crippen LogP contribution in [0.5, 0.6) is 11.5 Å². The van der Waals surface area contributed by atoms with Crippen LogP contribution < -0.4 is 0 Å². The molecule has 1 aromatic carbocycles. The molecule has 0 aromatic heterocycles. The van der Waals surface area contributed by atoms with Gasteiger partial charge in [0.2, 0.25) is 0 Å². The smallest absolute Gasteiger partial charge is 0.165 e. The highest BCUT2D eigenvalue weighted by atomic mass is 16.6. The van der Waals surface area contributed by atoms with E-state index in [1.807, 2.05) is 0 Å². The maximum absolute atomic E-state index is 10.1. The molecule has 1 aliphatic rings. The fraction of sp³-hybridized carbons (Fsp3) is 0.538. The molecular weight excluding hydrogens is 220 g/mol. The Balaban J connectivity index is 2.22. The van der Waals surface area contributed by atoms with Gasteiger partial charge in [0.15, 0.2) is 5.79 Å². The third-order valence-electron chi connectivity index (χ3n) is 3.52. The molecule has 1 fully saturated rings. The Kier molecular flexibility index (Phi) is 3.26. The van der Waals surface area contributed by atoms with Crippen molar-refractivity contribution in [2.75, 3.05) is 7.11 Å². The minimum atomic E-state index is -1.09. The van der Waals surface area contributed by atoms with Gasteiger partial charge in [-0.1, -0.05) is 6.07 Å². The van der Waals surface area contributed by atoms with Crippen LogP contribution in [0.15, 0.2) is 18.2 Å². The van der Waals surface area contributed by atoms with E-state index in [1.165, 1.54) is 13.2 Å². The summed E-state index contributed by atoms with van der Waals surface area (Å²) in [4.78, 5) is 0. The zero-order valence-corrected chi connectivity index (χ0v) is 9.89. The largest absolute Gasteiger partial charge is 0.508 e. The third-order valence-corrected chi connectivity index (χ3v) is 3.52. The predicted octanol–water partition coefficient (Wildman–Crippen LogP) is 2.09. The van der Waals surface area contributed by atoms with Gasteiger partial charge < -0.3 is 20.1 Å². The Morgan fingerprint density at radius 2 is 2.12 bits per heavy atom. The minimum Gasteiger partial charge on any atom is -0.508 e. The molecule has 0 saturated heterocycles. The quantitative estimate of drug-likeness (QED) is 0.690. The number of aromatic hydroxyl groups is 2. The molecule has 1 aliphatic carbocycles. The SMILES string of the molecule is COC1(O)CCCC(c2ccc(O)cc2O)C1. The summed E-state index contributed by atoms with van der Waals surface area (Å²) in [5.74, 6) is -0.901. The molecule has 0 aliphatic heterocycles. The van der Waals surface area contributed by atoms with E-state index < -0.39 is 5.79 Å². The van der Waals surface area contributed by atoms with Gasteiger partial charge in [-0.2, -0.15) is 0 Å². The number of ether oxygens (including phenoxy) is 1. The summed E-state index contributed by atoms with van der Waals surface area (Å²) < 4.78 is 5.12. The standard InChI is InChI=1S/C13H18O4/c1-17-13(16)6-2-3-9(8-13)11-5-4-10(14)7-12(11)15/h4-5,7,9,14-16H,2-3,6,8H2,1H3. The van der Waals surface area contributed by atoms with Gasteiger partial charge in [0, 0.05) is 26.0 Å². The fourth-order valence-corrected chi connectivity index (χ4v) is 2.54. The van der Waals surface area contributed by atoms with E-state index in [4.69, 9.17) is 4.74 Å². The number of methoxy groups -OCH3 is 1. The lowest BCUT2D eigenvalue weighted by atomic mass is 9.80. The van der Waals surface area contributed by atoms with E-state index in [1.54, 1.807) is 12.1 Å². The molecule has 1 aromatic rings. The molecule has 2 rings (SSSR count). The average Bonchev–Trinajstić information content (AvgIpc) is 2.29. The molecule has 17 heavy (non-hydrogen) atoms. The van der Waals surface area contributed by atoms with E-state index >= 15 is 0 Å². The fourth-order valence-electron chi connectivity index (χ4n) is 2.54. The number of phenolic OH excluding ortho intramolecular Hbond substituents is 2. The Labute approximate surface area is 100 Å². The normalized spacial score (nSPS) is 29.2. The minimum absolute atomic E-state index is 0.0454. The number of hydrogen-bond donors (Lipinski definition) is 3. The van der Waals surface area contributed by atoms with Gasteiger partial charge in [-0.25, -0.2) is 0 Å². The molecule has 3 N–H and O–H groups in total. The summed E-state index contributed by atoms with van der Waals surface area (Å²) in [6.45, 7) is 0. The van der Waals surface area contributed by atoms with E-state index in [0.29, 0.717) is 12.8 Å². The lowest BCUT2D eigenvalue weighted by molar-refractivity contribution is -0.206. The second-order valence-corrected chi connectivity index (χ2v) is 4.69. The van der Waals surface area contributed by atoms with Crippen molar-refractivity contribution in [1.82, 2.24) is 0 Å². The molecule has 4 heteroatoms. The van der Waals surface area contributed by atoms with Crippen LogP contribution in [-0.2, 0) is 4.74 Å². The van der Waals surface area contributed by atoms with Gasteiger partial charge >= 0.3 is 0 Å². The third kappa shape index (κ3) is 2.53. The van der Waals surface area contributed by atoms with Crippen molar-refractivity contribution in [3.63, 3.8) is 0 Å². The maximum atomic E-state index is 10.1. The molecular formula is C13H18O4. The highest BCUT2D eigenvalue weighted by molar-refractivity contribution is 5.41. The molecule has 0 amide bonds. The van der Waals surface area contributed by atoms with Crippen LogP contribution in [0.3, 0.4) is 0 Å². The molecule has 2 unspecified atom stereocenters. The molecule has 1 saturated carbocycles. The van der Waals surface area contributed by atoms with E-state index in [-0.39, 0.29) is 17.4 Å². The molecule has 4 nitrogen and oxygen atoms in total. The summed E-state index contributed by atoms with van der Waals surface area (Å²) in [6, 6.07) is 4.59. The average molecular weight is 238 g/mol. The predicted molar refractivity (Wildman–Crippen MR) is 62.9 cm³/mol. The first-order chi connectivity index (χ1) is 8.04. The van der Waals surface area contributed by atoms with E-state index in [9.17, 15) is 15.3 Å². The van der Waals surface area contributed by atoms with Crippen LogP contribution in [0.25, 0.3) is 0 Å². The van der Waals surface area contributed by atoms with Crippen molar-refractivity contribution in [1.29, 1.82) is 0 Å². The zero-order valence-electron chi connectivity index (χ0n) is 9.89. The highest BCUT2D eigenvalue weighted by Crippen LogP contribution is 2.42. The van der Waals surface area contributed by atoms with Crippen molar-refractivity contribution in [2.45, 2.75) is 37.4 Å². The monoisotopic (exact) mass is 238 g/mol. The summed E-state index contributed by atoms with van der Waals surface area (Å²) in [6.07, 6.45) is 2.86. The van der Waals surface area contributed by atoms with Crippen LogP contribution in [-0.4, -0.2) is 28.2 Å². The second kappa shape index (κ2) is 4.55. The summed E-state index contributed by atoms with van der Waals surface area (Å²) in [7, 11) is 1.50. The summed E-state index contributed by atoms with van der Waals surface area (Å²) >= 11 is 0. The lowest BCUT2D eigenvalue weighted by Crippen LogP contribution is -2.36. The first-order valence-corrected chi connectivity index (χ1v) is 5.83. The van der Waals surface area contributed by atoms with Crippen molar-refractivity contribution < 1.29 is 20.1 Å². The highest BCUT2D eigenvalue weighted by Gasteiger charge is 2.35. The van der Waals surface area contributed by atoms with E-state index in [0.717, 1.165) is 18.4 Å². The van der Waals surface area contributed by atoms with Crippen molar-refractivity contribution >= 4 is 0 Å². The molecule has 0 bridgehead atoms. The van der Waals surface area contributed by atoms with Gasteiger partial charge in [0.1, 0.15) is 11.5 Å². The topological polar surface area (TPSA) is 69.9 Å².